The molecule has 2 rings (SSSR count). The summed E-state index contributed by atoms with van der Waals surface area (Å²) >= 11 is 1.70. The maximum absolute atomic E-state index is 11.9. The van der Waals surface area contributed by atoms with Gasteiger partial charge in [0.2, 0.25) is 5.91 Å². The van der Waals surface area contributed by atoms with E-state index in [9.17, 15) is 4.79 Å². The molecule has 1 amide bonds. The Labute approximate surface area is 160 Å². The van der Waals surface area contributed by atoms with Crippen LogP contribution in [0.3, 0.4) is 0 Å². The quantitative estimate of drug-likeness (QED) is 0.674. The molecule has 0 radical (unpaired) electrons. The van der Waals surface area contributed by atoms with Crippen molar-refractivity contribution in [2.24, 2.45) is 5.73 Å². The van der Waals surface area contributed by atoms with Gasteiger partial charge in [0.25, 0.3) is 0 Å². The van der Waals surface area contributed by atoms with Crippen LogP contribution in [0.25, 0.3) is 0 Å². The van der Waals surface area contributed by atoms with Gasteiger partial charge < -0.3 is 11.1 Å². The molecule has 1 unspecified atom stereocenters. The Morgan fingerprint density at radius 1 is 1.25 bits per heavy atom. The molecular formula is C17H25Cl2N3OS. The van der Waals surface area contributed by atoms with Gasteiger partial charge in [0.15, 0.2) is 0 Å². The van der Waals surface area contributed by atoms with Crippen LogP contribution < -0.4 is 11.1 Å². The number of carbonyl (C=O) groups excluding carboxylic acids is 1. The van der Waals surface area contributed by atoms with Crippen molar-refractivity contribution in [2.45, 2.75) is 38.6 Å². The van der Waals surface area contributed by atoms with Crippen molar-refractivity contribution >= 4 is 42.1 Å². The third-order valence-corrected chi connectivity index (χ3v) is 4.47. The molecule has 1 atom stereocenters. The van der Waals surface area contributed by atoms with Gasteiger partial charge in [0.05, 0.1) is 5.01 Å². The van der Waals surface area contributed by atoms with Crippen molar-refractivity contribution in [3.8, 4) is 0 Å². The predicted molar refractivity (Wildman–Crippen MR) is 105 cm³/mol. The number of hydrogen-bond donors (Lipinski definition) is 2. The summed E-state index contributed by atoms with van der Waals surface area (Å²) in [4.78, 5) is 16.3. The van der Waals surface area contributed by atoms with Crippen LogP contribution in [0.15, 0.2) is 35.7 Å². The van der Waals surface area contributed by atoms with Crippen LogP contribution in [0, 0.1) is 6.92 Å². The smallest absolute Gasteiger partial charge is 0.221 e. The molecule has 0 aliphatic heterocycles. The Morgan fingerprint density at radius 3 is 2.58 bits per heavy atom. The first-order valence-electron chi connectivity index (χ1n) is 7.63. The first kappa shape index (κ1) is 22.9. The van der Waals surface area contributed by atoms with Crippen molar-refractivity contribution in [3.63, 3.8) is 0 Å². The van der Waals surface area contributed by atoms with Gasteiger partial charge in [-0.2, -0.15) is 0 Å². The van der Waals surface area contributed by atoms with Gasteiger partial charge >= 0.3 is 0 Å². The molecule has 7 heteroatoms. The Hall–Kier alpha value is -1.14. The molecule has 0 saturated carbocycles. The molecule has 1 aromatic heterocycles. The van der Waals surface area contributed by atoms with Crippen LogP contribution in [0.4, 0.5) is 0 Å². The zero-order valence-electron chi connectivity index (χ0n) is 13.7. The van der Waals surface area contributed by atoms with E-state index >= 15 is 0 Å². The summed E-state index contributed by atoms with van der Waals surface area (Å²) in [7, 11) is 0. The van der Waals surface area contributed by atoms with E-state index in [4.69, 9.17) is 5.73 Å². The molecule has 24 heavy (non-hydrogen) atoms. The van der Waals surface area contributed by atoms with Crippen LogP contribution in [0.5, 0.6) is 0 Å². The summed E-state index contributed by atoms with van der Waals surface area (Å²) in [5.74, 6) is 0.0152. The predicted octanol–water partition coefficient (Wildman–Crippen LogP) is 3.82. The number of nitrogens with zero attached hydrogens (tertiary/aromatic N) is 1. The van der Waals surface area contributed by atoms with Gasteiger partial charge in [-0.05, 0) is 31.7 Å². The largest absolute Gasteiger partial charge is 0.356 e. The maximum Gasteiger partial charge on any atom is 0.221 e. The monoisotopic (exact) mass is 389 g/mol. The van der Waals surface area contributed by atoms with Crippen molar-refractivity contribution in [1.82, 2.24) is 10.3 Å². The highest BCUT2D eigenvalue weighted by molar-refractivity contribution is 7.09. The zero-order valence-corrected chi connectivity index (χ0v) is 16.2. The summed E-state index contributed by atoms with van der Waals surface area (Å²) in [6.07, 6.45) is 3.32. The zero-order chi connectivity index (χ0) is 15.8. The molecule has 0 aliphatic rings. The normalized spacial score (nSPS) is 11.1. The summed E-state index contributed by atoms with van der Waals surface area (Å²) in [5.41, 5.74) is 8.12. The number of hydrogen-bond acceptors (Lipinski definition) is 4. The van der Waals surface area contributed by atoms with Crippen LogP contribution in [-0.2, 0) is 11.2 Å². The average molecular weight is 390 g/mol. The Kier molecular flexibility index (Phi) is 11.7. The van der Waals surface area contributed by atoms with Crippen molar-refractivity contribution in [2.75, 3.05) is 6.54 Å². The van der Waals surface area contributed by atoms with Crippen molar-refractivity contribution in [3.05, 3.63) is 52.0 Å². The molecule has 0 fully saturated rings. The lowest BCUT2D eigenvalue weighted by Gasteiger charge is -2.12. The molecule has 0 saturated heterocycles. The second kappa shape index (κ2) is 12.3. The standard InChI is InChI=1S/C17H23N3OS.2ClH/c1-13-12-22-17(20-13)9-5-6-10-19-16(21)11-15(18)14-7-3-2-4-8-14;;/h2-4,7-8,12,15H,5-6,9-11,18H2,1H3,(H,19,21);2*1H. The number of amides is 1. The summed E-state index contributed by atoms with van der Waals surface area (Å²) in [6, 6.07) is 9.49. The number of rotatable bonds is 8. The Morgan fingerprint density at radius 2 is 1.96 bits per heavy atom. The van der Waals surface area contributed by atoms with Gasteiger partial charge in [-0.3, -0.25) is 4.79 Å². The SMILES string of the molecule is Cc1csc(CCCCNC(=O)CC(N)c2ccccc2)n1.Cl.Cl. The highest BCUT2D eigenvalue weighted by Crippen LogP contribution is 2.13. The summed E-state index contributed by atoms with van der Waals surface area (Å²) in [5, 5.41) is 6.19. The van der Waals surface area contributed by atoms with E-state index in [-0.39, 0.29) is 36.8 Å². The van der Waals surface area contributed by atoms with Gasteiger partial charge in [-0.1, -0.05) is 30.3 Å². The van der Waals surface area contributed by atoms with Crippen LogP contribution >= 0.6 is 36.2 Å². The summed E-state index contributed by atoms with van der Waals surface area (Å²) < 4.78 is 0. The van der Waals surface area contributed by atoms with E-state index in [1.165, 1.54) is 5.01 Å². The first-order chi connectivity index (χ1) is 10.6. The molecule has 4 nitrogen and oxygen atoms in total. The molecule has 134 valence electrons. The molecule has 0 aliphatic carbocycles. The first-order valence-corrected chi connectivity index (χ1v) is 8.51. The molecule has 3 N–H and O–H groups in total. The summed E-state index contributed by atoms with van der Waals surface area (Å²) in [6.45, 7) is 2.71. The molecule has 2 aromatic rings. The van der Waals surface area contributed by atoms with Crippen LogP contribution in [-0.4, -0.2) is 17.4 Å². The number of thiazole rings is 1. The fourth-order valence-corrected chi connectivity index (χ4v) is 3.05. The number of aromatic nitrogens is 1. The third kappa shape index (κ3) is 8.11. The topological polar surface area (TPSA) is 68.0 Å². The minimum Gasteiger partial charge on any atom is -0.356 e. The minimum atomic E-state index is -0.237. The van der Waals surface area contributed by atoms with Crippen LogP contribution in [0.2, 0.25) is 0 Å². The van der Waals surface area contributed by atoms with E-state index < -0.39 is 0 Å². The molecular weight excluding hydrogens is 365 g/mol. The van der Waals surface area contributed by atoms with E-state index in [0.29, 0.717) is 13.0 Å². The fraction of sp³-hybridized carbons (Fsp3) is 0.412. The van der Waals surface area contributed by atoms with E-state index in [0.717, 1.165) is 30.5 Å². The molecule has 0 bridgehead atoms. The minimum absolute atomic E-state index is 0. The van der Waals surface area contributed by atoms with E-state index in [1.807, 2.05) is 37.3 Å². The fourth-order valence-electron chi connectivity index (χ4n) is 2.24. The number of nitrogens with two attached hydrogens (primary N) is 1. The Bertz CT molecular complexity index is 593. The number of carbonyl (C=O) groups is 1. The van der Waals surface area contributed by atoms with Gasteiger partial charge in [0, 0.05) is 30.1 Å². The second-order valence-corrected chi connectivity index (χ2v) is 6.35. The lowest BCUT2D eigenvalue weighted by Crippen LogP contribution is -2.28. The number of halogens is 2. The number of aryl methyl sites for hydroxylation is 2. The number of benzene rings is 1. The molecule has 0 spiro atoms. The van der Waals surface area contributed by atoms with Gasteiger partial charge in [-0.15, -0.1) is 36.2 Å². The number of nitrogens with one attached hydrogen (secondary N) is 1. The number of unbranched alkanes of at least 4 members (excludes halogenated alkanes) is 1. The van der Waals surface area contributed by atoms with Gasteiger partial charge in [-0.25, -0.2) is 4.98 Å². The average Bonchev–Trinajstić information content (AvgIpc) is 2.93. The maximum atomic E-state index is 11.9. The van der Waals surface area contributed by atoms with E-state index in [2.05, 4.69) is 15.7 Å². The molecule has 1 heterocycles. The lowest BCUT2D eigenvalue weighted by atomic mass is 10.0. The third-order valence-electron chi connectivity index (χ3n) is 3.44. The van der Waals surface area contributed by atoms with Crippen molar-refractivity contribution in [1.29, 1.82) is 0 Å². The van der Waals surface area contributed by atoms with Crippen molar-refractivity contribution < 1.29 is 4.79 Å². The van der Waals surface area contributed by atoms with E-state index in [1.54, 1.807) is 11.3 Å². The Balaban J connectivity index is 0.00000264. The van der Waals surface area contributed by atoms with Gasteiger partial charge in [0.1, 0.15) is 0 Å². The highest BCUT2D eigenvalue weighted by Gasteiger charge is 2.10. The molecule has 1 aromatic carbocycles. The van der Waals surface area contributed by atoms with Crippen LogP contribution in [0.1, 0.15) is 41.6 Å². The lowest BCUT2D eigenvalue weighted by molar-refractivity contribution is -0.121. The highest BCUT2D eigenvalue weighted by atomic mass is 35.5. The second-order valence-electron chi connectivity index (χ2n) is 5.41.